The van der Waals surface area contributed by atoms with Crippen LogP contribution in [0.3, 0.4) is 0 Å². The topological polar surface area (TPSA) is 50.4 Å². The van der Waals surface area contributed by atoms with Crippen molar-refractivity contribution in [2.75, 3.05) is 7.05 Å². The van der Waals surface area contributed by atoms with Gasteiger partial charge in [-0.3, -0.25) is 4.99 Å². The molecule has 3 nitrogen and oxygen atoms in total. The average molecular weight is 402 g/mol. The van der Waals surface area contributed by atoms with Gasteiger partial charge in [0.05, 0.1) is 0 Å². The van der Waals surface area contributed by atoms with Gasteiger partial charge in [0.2, 0.25) is 0 Å². The van der Waals surface area contributed by atoms with Gasteiger partial charge in [0, 0.05) is 18.6 Å². The molecular weight excluding hydrogens is 385 g/mol. The molecule has 0 spiro atoms. The molecule has 2 aromatic rings. The molecule has 0 radical (unpaired) electrons. The molecule has 0 atom stereocenters. The van der Waals surface area contributed by atoms with Gasteiger partial charge in [-0.2, -0.15) is 0 Å². The molecule has 2 aromatic carbocycles. The smallest absolute Gasteiger partial charge is 0.188 e. The van der Waals surface area contributed by atoms with Crippen LogP contribution in [-0.2, 0) is 6.54 Å². The number of halogens is 2. The number of guanidine groups is 1. The first-order valence-electron chi connectivity index (χ1n) is 6.00. The molecule has 0 aliphatic rings. The lowest BCUT2D eigenvalue weighted by atomic mass is 10.00. The Labute approximate surface area is 141 Å². The maximum absolute atomic E-state index is 5.92. The first kappa shape index (κ1) is 16.8. The third kappa shape index (κ3) is 4.38. The maximum atomic E-state index is 5.92. The van der Waals surface area contributed by atoms with Crippen LogP contribution >= 0.6 is 35.6 Å². The second-order valence-electron chi connectivity index (χ2n) is 4.13. The van der Waals surface area contributed by atoms with Gasteiger partial charge in [-0.15, -0.1) is 24.0 Å². The van der Waals surface area contributed by atoms with Gasteiger partial charge < -0.3 is 11.1 Å². The van der Waals surface area contributed by atoms with E-state index in [2.05, 4.69) is 22.4 Å². The van der Waals surface area contributed by atoms with Crippen LogP contribution in [0.4, 0.5) is 0 Å². The largest absolute Gasteiger partial charge is 0.370 e. The molecule has 5 heteroatoms. The van der Waals surface area contributed by atoms with Crippen molar-refractivity contribution in [1.29, 1.82) is 0 Å². The van der Waals surface area contributed by atoms with E-state index < -0.39 is 0 Å². The first-order chi connectivity index (χ1) is 9.20. The fraction of sp³-hybridized carbons (Fsp3) is 0.133. The number of hydrogen-bond donors (Lipinski definition) is 2. The molecule has 0 aliphatic heterocycles. The van der Waals surface area contributed by atoms with Crippen LogP contribution in [-0.4, -0.2) is 13.0 Å². The summed E-state index contributed by atoms with van der Waals surface area (Å²) in [4.78, 5) is 3.88. The molecule has 0 aromatic heterocycles. The van der Waals surface area contributed by atoms with Crippen LogP contribution in [0.15, 0.2) is 53.5 Å². The Balaban J connectivity index is 0.00000200. The standard InChI is InChI=1S/C15H16ClN3.HI/c1-18-15(17)19-10-12-4-2-3-5-14(12)11-6-8-13(16)9-7-11;/h2-9H,10H2,1H3,(H3,17,18,19);1H. The van der Waals surface area contributed by atoms with Gasteiger partial charge in [-0.1, -0.05) is 48.0 Å². The summed E-state index contributed by atoms with van der Waals surface area (Å²) in [5, 5.41) is 3.81. The highest BCUT2D eigenvalue weighted by Crippen LogP contribution is 2.25. The van der Waals surface area contributed by atoms with E-state index in [9.17, 15) is 0 Å². The van der Waals surface area contributed by atoms with E-state index >= 15 is 0 Å². The van der Waals surface area contributed by atoms with Gasteiger partial charge in [0.15, 0.2) is 5.96 Å². The lowest BCUT2D eigenvalue weighted by molar-refractivity contribution is 0.902. The van der Waals surface area contributed by atoms with Crippen molar-refractivity contribution in [2.24, 2.45) is 10.7 Å². The maximum Gasteiger partial charge on any atom is 0.188 e. The van der Waals surface area contributed by atoms with Crippen molar-refractivity contribution in [3.63, 3.8) is 0 Å². The second kappa shape index (κ2) is 8.11. The van der Waals surface area contributed by atoms with Crippen molar-refractivity contribution in [3.8, 4) is 11.1 Å². The molecule has 0 fully saturated rings. The lowest BCUT2D eigenvalue weighted by Gasteiger charge is -2.11. The summed E-state index contributed by atoms with van der Waals surface area (Å²) in [6.45, 7) is 0.641. The highest BCUT2D eigenvalue weighted by Gasteiger charge is 2.04. The summed E-state index contributed by atoms with van der Waals surface area (Å²) < 4.78 is 0. The molecule has 0 saturated carbocycles. The summed E-state index contributed by atoms with van der Waals surface area (Å²) >= 11 is 5.92. The molecule has 0 bridgehead atoms. The number of hydrogen-bond acceptors (Lipinski definition) is 1. The van der Waals surface area contributed by atoms with Gasteiger partial charge in [-0.05, 0) is 28.8 Å². The van der Waals surface area contributed by atoms with E-state index in [-0.39, 0.29) is 24.0 Å². The molecular formula is C15H17ClIN3. The SMILES string of the molecule is CN=C(N)NCc1ccccc1-c1ccc(Cl)cc1.I. The minimum atomic E-state index is 0. The van der Waals surface area contributed by atoms with Crippen LogP contribution < -0.4 is 11.1 Å². The number of nitrogens with two attached hydrogens (primary N) is 1. The van der Waals surface area contributed by atoms with Gasteiger partial charge in [0.1, 0.15) is 0 Å². The average Bonchev–Trinajstić information content (AvgIpc) is 2.46. The quantitative estimate of drug-likeness (QED) is 0.468. The summed E-state index contributed by atoms with van der Waals surface area (Å²) in [5.74, 6) is 0.436. The molecule has 0 heterocycles. The highest BCUT2D eigenvalue weighted by atomic mass is 127. The highest BCUT2D eigenvalue weighted by molar-refractivity contribution is 14.0. The van der Waals surface area contributed by atoms with Crippen molar-refractivity contribution in [2.45, 2.75) is 6.54 Å². The Hall–Kier alpha value is -1.27. The minimum absolute atomic E-state index is 0. The van der Waals surface area contributed by atoms with Crippen molar-refractivity contribution >= 4 is 41.5 Å². The predicted octanol–water partition coefficient (Wildman–Crippen LogP) is 3.66. The Kier molecular flexibility index (Phi) is 6.81. The zero-order valence-electron chi connectivity index (χ0n) is 11.1. The van der Waals surface area contributed by atoms with E-state index in [4.69, 9.17) is 17.3 Å². The molecule has 2 rings (SSSR count). The van der Waals surface area contributed by atoms with Crippen LogP contribution in [0.25, 0.3) is 11.1 Å². The summed E-state index contributed by atoms with van der Waals surface area (Å²) in [5.41, 5.74) is 9.11. The van der Waals surface area contributed by atoms with Crippen LogP contribution in [0.1, 0.15) is 5.56 Å². The number of aliphatic imine (C=N–C) groups is 1. The van der Waals surface area contributed by atoms with E-state index in [1.54, 1.807) is 7.05 Å². The van der Waals surface area contributed by atoms with Gasteiger partial charge in [0.25, 0.3) is 0 Å². The Bertz CT molecular complexity index is 582. The number of rotatable bonds is 3. The third-order valence-corrected chi connectivity index (χ3v) is 3.13. The molecule has 20 heavy (non-hydrogen) atoms. The van der Waals surface area contributed by atoms with Crippen LogP contribution in [0.5, 0.6) is 0 Å². The van der Waals surface area contributed by atoms with Gasteiger partial charge in [-0.25, -0.2) is 0 Å². The molecule has 0 saturated heterocycles. The van der Waals surface area contributed by atoms with Crippen molar-refractivity contribution in [3.05, 3.63) is 59.1 Å². The van der Waals surface area contributed by atoms with E-state index in [1.807, 2.05) is 36.4 Å². The zero-order chi connectivity index (χ0) is 13.7. The molecule has 0 amide bonds. The minimum Gasteiger partial charge on any atom is -0.370 e. The summed E-state index contributed by atoms with van der Waals surface area (Å²) in [6, 6.07) is 16.0. The number of nitrogens with one attached hydrogen (secondary N) is 1. The van der Waals surface area contributed by atoms with Crippen molar-refractivity contribution < 1.29 is 0 Å². The molecule has 0 unspecified atom stereocenters. The lowest BCUT2D eigenvalue weighted by Crippen LogP contribution is -2.30. The van der Waals surface area contributed by atoms with E-state index in [1.165, 1.54) is 0 Å². The van der Waals surface area contributed by atoms with E-state index in [0.717, 1.165) is 21.7 Å². The number of benzene rings is 2. The first-order valence-corrected chi connectivity index (χ1v) is 6.38. The Morgan fingerprint density at radius 3 is 2.45 bits per heavy atom. The number of nitrogens with zero attached hydrogens (tertiary/aromatic N) is 1. The Morgan fingerprint density at radius 2 is 1.80 bits per heavy atom. The summed E-state index contributed by atoms with van der Waals surface area (Å²) in [6.07, 6.45) is 0. The molecule has 3 N–H and O–H groups in total. The van der Waals surface area contributed by atoms with Gasteiger partial charge >= 0.3 is 0 Å². The zero-order valence-corrected chi connectivity index (χ0v) is 14.2. The van der Waals surface area contributed by atoms with Crippen LogP contribution in [0.2, 0.25) is 5.02 Å². The third-order valence-electron chi connectivity index (χ3n) is 2.87. The molecule has 0 aliphatic carbocycles. The summed E-state index contributed by atoms with van der Waals surface area (Å²) in [7, 11) is 1.66. The molecule has 106 valence electrons. The second-order valence-corrected chi connectivity index (χ2v) is 4.56. The Morgan fingerprint density at radius 1 is 1.15 bits per heavy atom. The fourth-order valence-corrected chi connectivity index (χ4v) is 1.98. The van der Waals surface area contributed by atoms with Crippen molar-refractivity contribution in [1.82, 2.24) is 5.32 Å². The fourth-order valence-electron chi connectivity index (χ4n) is 1.85. The van der Waals surface area contributed by atoms with Crippen LogP contribution in [0, 0.1) is 0 Å². The predicted molar refractivity (Wildman–Crippen MR) is 96.7 cm³/mol. The monoisotopic (exact) mass is 401 g/mol. The normalized spacial score (nSPS) is 10.8. The van der Waals surface area contributed by atoms with E-state index in [0.29, 0.717) is 12.5 Å².